The molecule has 0 heterocycles. The van der Waals surface area contributed by atoms with Crippen LogP contribution in [0.4, 0.5) is 11.4 Å². The number of amides is 1. The zero-order valence-corrected chi connectivity index (χ0v) is 16.5. The summed E-state index contributed by atoms with van der Waals surface area (Å²) in [5.74, 6) is -0.0221. The van der Waals surface area contributed by atoms with E-state index in [0.717, 1.165) is 16.3 Å². The summed E-state index contributed by atoms with van der Waals surface area (Å²) >= 11 is 0. The summed E-state index contributed by atoms with van der Waals surface area (Å²) in [6.07, 6.45) is 0. The minimum atomic E-state index is -0.510. The molecule has 3 aromatic rings. The topological polar surface area (TPSA) is 93.5 Å². The maximum absolute atomic E-state index is 12.7. The number of nitrogens with one attached hydrogen (secondary N) is 2. The Bertz CT molecular complexity index is 1050. The minimum Gasteiger partial charge on any atom is -0.494 e. The van der Waals surface area contributed by atoms with Gasteiger partial charge in [-0.05, 0) is 36.2 Å². The first-order chi connectivity index (χ1) is 13.9. The number of carbonyl (C=O) groups excluding carboxylic acids is 1. The van der Waals surface area contributed by atoms with Crippen molar-refractivity contribution in [1.82, 2.24) is 5.32 Å². The molecule has 3 aromatic carbocycles. The molecule has 3 rings (SSSR count). The molecular weight excluding hydrogens is 370 g/mol. The average molecular weight is 393 g/mol. The summed E-state index contributed by atoms with van der Waals surface area (Å²) in [6.45, 7) is 3.78. The van der Waals surface area contributed by atoms with Crippen molar-refractivity contribution >= 4 is 28.1 Å². The highest BCUT2D eigenvalue weighted by Gasteiger charge is 2.20. The van der Waals surface area contributed by atoms with Gasteiger partial charge in [-0.15, -0.1) is 0 Å². The molecule has 7 nitrogen and oxygen atoms in total. The second-order valence-electron chi connectivity index (χ2n) is 6.81. The summed E-state index contributed by atoms with van der Waals surface area (Å²) < 4.78 is 5.18. The smallest absolute Gasteiger partial charge is 0.273 e. The third kappa shape index (κ3) is 4.52. The lowest BCUT2D eigenvalue weighted by atomic mass is 9.99. The van der Waals surface area contributed by atoms with Crippen molar-refractivity contribution in [3.63, 3.8) is 0 Å². The Hall–Kier alpha value is -3.45. The molecule has 2 unspecified atom stereocenters. The van der Waals surface area contributed by atoms with E-state index in [9.17, 15) is 14.9 Å². The quantitative estimate of drug-likeness (QED) is 0.457. The maximum atomic E-state index is 12.7. The highest BCUT2D eigenvalue weighted by molar-refractivity contribution is 5.96. The van der Waals surface area contributed by atoms with Crippen molar-refractivity contribution in [2.45, 2.75) is 25.9 Å². The SMILES string of the molecule is COc1cc([N+](=O)[O-])ccc1NC(=O)C(C)NC(C)c1cccc2ccccc12. The second kappa shape index (κ2) is 8.70. The van der Waals surface area contributed by atoms with Crippen molar-refractivity contribution in [2.75, 3.05) is 12.4 Å². The average Bonchev–Trinajstić information content (AvgIpc) is 2.73. The predicted octanol–water partition coefficient (Wildman–Crippen LogP) is 4.43. The molecule has 0 fully saturated rings. The number of ether oxygens (including phenoxy) is 1. The zero-order valence-electron chi connectivity index (χ0n) is 16.5. The third-order valence-corrected chi connectivity index (χ3v) is 4.84. The van der Waals surface area contributed by atoms with Gasteiger partial charge in [-0.2, -0.15) is 0 Å². The molecule has 0 spiro atoms. The number of anilines is 1. The van der Waals surface area contributed by atoms with Crippen molar-refractivity contribution < 1.29 is 14.5 Å². The third-order valence-electron chi connectivity index (χ3n) is 4.84. The van der Waals surface area contributed by atoms with Gasteiger partial charge in [0.25, 0.3) is 5.69 Å². The fourth-order valence-electron chi connectivity index (χ4n) is 3.31. The minimum absolute atomic E-state index is 0.0550. The fraction of sp³-hybridized carbons (Fsp3) is 0.227. The number of fused-ring (bicyclic) bond motifs is 1. The van der Waals surface area contributed by atoms with Gasteiger partial charge >= 0.3 is 0 Å². The molecule has 0 bridgehead atoms. The standard InChI is InChI=1S/C22H23N3O4/c1-14(18-10-6-8-16-7-4-5-9-19(16)18)23-15(2)22(26)24-20-12-11-17(25(27)28)13-21(20)29-3/h4-15,23H,1-3H3,(H,24,26). The number of hydrogen-bond acceptors (Lipinski definition) is 5. The first kappa shape index (κ1) is 20.3. The van der Waals surface area contributed by atoms with Crippen molar-refractivity contribution in [1.29, 1.82) is 0 Å². The number of nitrogens with zero attached hydrogens (tertiary/aromatic N) is 1. The summed E-state index contributed by atoms with van der Waals surface area (Å²) in [4.78, 5) is 23.1. The Labute approximate surface area is 168 Å². The molecule has 29 heavy (non-hydrogen) atoms. The molecule has 2 N–H and O–H groups in total. The van der Waals surface area contributed by atoms with Gasteiger partial charge in [-0.3, -0.25) is 20.2 Å². The van der Waals surface area contributed by atoms with Crippen LogP contribution < -0.4 is 15.4 Å². The number of nitro groups is 1. The highest BCUT2D eigenvalue weighted by atomic mass is 16.6. The molecule has 0 radical (unpaired) electrons. The van der Waals surface area contributed by atoms with Gasteiger partial charge in [0, 0.05) is 12.1 Å². The number of hydrogen-bond donors (Lipinski definition) is 2. The lowest BCUT2D eigenvalue weighted by molar-refractivity contribution is -0.384. The van der Waals surface area contributed by atoms with Crippen LogP contribution in [-0.4, -0.2) is 24.0 Å². The van der Waals surface area contributed by atoms with Gasteiger partial charge in [-0.25, -0.2) is 0 Å². The largest absolute Gasteiger partial charge is 0.494 e. The van der Waals surface area contributed by atoms with Crippen molar-refractivity contribution in [3.8, 4) is 5.75 Å². The van der Waals surface area contributed by atoms with Gasteiger partial charge in [0.2, 0.25) is 5.91 Å². The van der Waals surface area contributed by atoms with Crippen LogP contribution in [0.25, 0.3) is 10.8 Å². The number of rotatable bonds is 7. The van der Waals surface area contributed by atoms with Crippen molar-refractivity contribution in [3.05, 3.63) is 76.3 Å². The number of carbonyl (C=O) groups is 1. The summed E-state index contributed by atoms with van der Waals surface area (Å²) in [7, 11) is 1.40. The van der Waals surface area contributed by atoms with E-state index >= 15 is 0 Å². The van der Waals surface area contributed by atoms with Crippen LogP contribution in [0.5, 0.6) is 5.75 Å². The van der Waals surface area contributed by atoms with Crippen LogP contribution in [0.2, 0.25) is 0 Å². The molecule has 0 saturated carbocycles. The summed E-state index contributed by atoms with van der Waals surface area (Å²) in [5.41, 5.74) is 1.39. The van der Waals surface area contributed by atoms with Gasteiger partial charge in [0.15, 0.2) is 0 Å². The van der Waals surface area contributed by atoms with Crippen LogP contribution in [0, 0.1) is 10.1 Å². The molecule has 2 atom stereocenters. The van der Waals surface area contributed by atoms with Crippen LogP contribution in [0.3, 0.4) is 0 Å². The van der Waals surface area contributed by atoms with E-state index in [0.29, 0.717) is 5.69 Å². The van der Waals surface area contributed by atoms with E-state index in [-0.39, 0.29) is 23.4 Å². The number of non-ortho nitro benzene ring substituents is 1. The van der Waals surface area contributed by atoms with E-state index < -0.39 is 11.0 Å². The van der Waals surface area contributed by atoms with Crippen LogP contribution >= 0.6 is 0 Å². The van der Waals surface area contributed by atoms with E-state index in [1.165, 1.54) is 25.3 Å². The maximum Gasteiger partial charge on any atom is 0.273 e. The van der Waals surface area contributed by atoms with Crippen LogP contribution in [0.15, 0.2) is 60.7 Å². The Balaban J connectivity index is 1.73. The zero-order chi connectivity index (χ0) is 21.0. The Kier molecular flexibility index (Phi) is 6.09. The molecule has 0 aliphatic heterocycles. The summed E-state index contributed by atoms with van der Waals surface area (Å²) in [6, 6.07) is 17.8. The molecule has 0 aliphatic rings. The van der Waals surface area contributed by atoms with Crippen molar-refractivity contribution in [2.24, 2.45) is 0 Å². The number of nitro benzene ring substituents is 1. The predicted molar refractivity (Wildman–Crippen MR) is 113 cm³/mol. The van der Waals surface area contributed by atoms with E-state index in [4.69, 9.17) is 4.74 Å². The first-order valence-corrected chi connectivity index (χ1v) is 9.27. The fourth-order valence-corrected chi connectivity index (χ4v) is 3.31. The first-order valence-electron chi connectivity index (χ1n) is 9.27. The van der Waals surface area contributed by atoms with E-state index in [2.05, 4.69) is 28.8 Å². The molecule has 0 aromatic heterocycles. The van der Waals surface area contributed by atoms with Gasteiger partial charge in [-0.1, -0.05) is 42.5 Å². The monoisotopic (exact) mass is 393 g/mol. The van der Waals surface area contributed by atoms with E-state index in [1.54, 1.807) is 6.92 Å². The molecule has 0 saturated heterocycles. The van der Waals surface area contributed by atoms with Crippen LogP contribution in [0.1, 0.15) is 25.5 Å². The normalized spacial score (nSPS) is 12.9. The number of benzene rings is 3. The Morgan fingerprint density at radius 1 is 1.07 bits per heavy atom. The van der Waals surface area contributed by atoms with Gasteiger partial charge in [0.05, 0.1) is 29.8 Å². The van der Waals surface area contributed by atoms with Gasteiger partial charge < -0.3 is 10.1 Å². The highest BCUT2D eigenvalue weighted by Crippen LogP contribution is 2.29. The lowest BCUT2D eigenvalue weighted by Gasteiger charge is -2.21. The molecular formula is C22H23N3O4. The molecule has 0 aliphatic carbocycles. The Morgan fingerprint density at radius 2 is 1.79 bits per heavy atom. The van der Waals surface area contributed by atoms with Gasteiger partial charge in [0.1, 0.15) is 5.75 Å². The van der Waals surface area contributed by atoms with Crippen LogP contribution in [-0.2, 0) is 4.79 Å². The van der Waals surface area contributed by atoms with E-state index in [1.807, 2.05) is 31.2 Å². The molecule has 7 heteroatoms. The second-order valence-corrected chi connectivity index (χ2v) is 6.81. The number of methoxy groups -OCH3 is 1. The Morgan fingerprint density at radius 3 is 2.52 bits per heavy atom. The lowest BCUT2D eigenvalue weighted by Crippen LogP contribution is -2.39. The molecule has 1 amide bonds. The summed E-state index contributed by atoms with van der Waals surface area (Å²) in [5, 5.41) is 19.3. The molecule has 150 valence electrons.